The zero-order valence-electron chi connectivity index (χ0n) is 10.1. The van der Waals surface area contributed by atoms with Crippen LogP contribution in [0.25, 0.3) is 0 Å². The second kappa shape index (κ2) is 4.59. The molecule has 0 aliphatic carbocycles. The highest BCUT2D eigenvalue weighted by Gasteiger charge is 2.27. The molecule has 2 aromatic rings. The van der Waals surface area contributed by atoms with Crippen LogP contribution in [0.3, 0.4) is 0 Å². The van der Waals surface area contributed by atoms with E-state index < -0.39 is 0 Å². The topological polar surface area (TPSA) is 52.3 Å². The van der Waals surface area contributed by atoms with Crippen LogP contribution in [0.2, 0.25) is 5.02 Å². The van der Waals surface area contributed by atoms with Gasteiger partial charge in [-0.05, 0) is 35.9 Å². The molecule has 1 unspecified atom stereocenters. The van der Waals surface area contributed by atoms with E-state index >= 15 is 0 Å². The molecule has 0 bridgehead atoms. The van der Waals surface area contributed by atoms with Crippen molar-refractivity contribution in [2.24, 2.45) is 0 Å². The Morgan fingerprint density at radius 2 is 1.89 bits per heavy atom. The van der Waals surface area contributed by atoms with Crippen LogP contribution in [0.5, 0.6) is 5.75 Å². The molecule has 4 heteroatoms. The molecular formula is C15H12ClNO2. The number of hydrogen-bond donors (Lipinski definition) is 1. The lowest BCUT2D eigenvalue weighted by molar-refractivity contribution is 0.0850. The number of Topliss-reactive ketones (excluding diaryl/α,β-unsaturated/α-hetero) is 1. The van der Waals surface area contributed by atoms with E-state index in [9.17, 15) is 4.79 Å². The fourth-order valence-corrected chi connectivity index (χ4v) is 2.33. The van der Waals surface area contributed by atoms with Crippen molar-refractivity contribution >= 4 is 23.1 Å². The van der Waals surface area contributed by atoms with E-state index in [4.69, 9.17) is 22.1 Å². The van der Waals surface area contributed by atoms with Crippen LogP contribution in [-0.2, 0) is 0 Å². The first kappa shape index (κ1) is 12.1. The van der Waals surface area contributed by atoms with Gasteiger partial charge in [0.15, 0.2) is 5.78 Å². The number of hydrogen-bond acceptors (Lipinski definition) is 3. The van der Waals surface area contributed by atoms with E-state index in [1.807, 2.05) is 12.1 Å². The van der Waals surface area contributed by atoms with E-state index in [0.717, 1.165) is 5.56 Å². The van der Waals surface area contributed by atoms with Gasteiger partial charge in [-0.25, -0.2) is 0 Å². The summed E-state index contributed by atoms with van der Waals surface area (Å²) in [5, 5.41) is 0.666. The number of carbonyl (C=O) groups excluding carboxylic acids is 1. The fraction of sp³-hybridized carbons (Fsp3) is 0.133. The van der Waals surface area contributed by atoms with Crippen LogP contribution in [-0.4, -0.2) is 5.78 Å². The molecule has 0 fully saturated rings. The van der Waals surface area contributed by atoms with Crippen molar-refractivity contribution < 1.29 is 9.53 Å². The molecular weight excluding hydrogens is 262 g/mol. The summed E-state index contributed by atoms with van der Waals surface area (Å²) in [5.41, 5.74) is 7.76. The van der Waals surface area contributed by atoms with Crippen LogP contribution >= 0.6 is 11.6 Å². The summed E-state index contributed by atoms with van der Waals surface area (Å²) in [7, 11) is 0. The minimum absolute atomic E-state index is 0.0495. The van der Waals surface area contributed by atoms with Crippen molar-refractivity contribution in [1.29, 1.82) is 0 Å². The third-order valence-electron chi connectivity index (χ3n) is 3.19. The van der Waals surface area contributed by atoms with Crippen LogP contribution in [0.15, 0.2) is 42.5 Å². The Morgan fingerprint density at radius 1 is 1.16 bits per heavy atom. The molecule has 19 heavy (non-hydrogen) atoms. The molecule has 0 saturated heterocycles. The molecule has 2 aromatic carbocycles. The lowest BCUT2D eigenvalue weighted by Crippen LogP contribution is -2.20. The summed E-state index contributed by atoms with van der Waals surface area (Å²) in [6.45, 7) is 0. The van der Waals surface area contributed by atoms with Crippen LogP contribution < -0.4 is 10.5 Å². The van der Waals surface area contributed by atoms with Gasteiger partial charge < -0.3 is 10.5 Å². The van der Waals surface area contributed by atoms with Crippen molar-refractivity contribution in [2.45, 2.75) is 12.5 Å². The Hall–Kier alpha value is -2.00. The van der Waals surface area contributed by atoms with E-state index in [-0.39, 0.29) is 11.9 Å². The molecule has 0 saturated carbocycles. The number of halogens is 1. The van der Waals surface area contributed by atoms with Crippen molar-refractivity contribution in [2.75, 3.05) is 5.73 Å². The Labute approximate surface area is 115 Å². The smallest absolute Gasteiger partial charge is 0.170 e. The first-order valence-corrected chi connectivity index (χ1v) is 6.36. The molecule has 0 spiro atoms. The molecule has 0 radical (unpaired) electrons. The van der Waals surface area contributed by atoms with Gasteiger partial charge in [-0.2, -0.15) is 0 Å². The number of ether oxygens (including phenoxy) is 1. The minimum atomic E-state index is -0.263. The molecule has 1 aliphatic rings. The molecule has 1 aliphatic heterocycles. The number of benzene rings is 2. The van der Waals surface area contributed by atoms with Crippen LogP contribution in [0.1, 0.15) is 28.4 Å². The van der Waals surface area contributed by atoms with E-state index in [1.54, 1.807) is 30.3 Å². The van der Waals surface area contributed by atoms with Crippen molar-refractivity contribution in [1.82, 2.24) is 0 Å². The first-order chi connectivity index (χ1) is 9.13. The third kappa shape index (κ3) is 2.29. The highest BCUT2D eigenvalue weighted by atomic mass is 35.5. The minimum Gasteiger partial charge on any atom is -0.484 e. The van der Waals surface area contributed by atoms with Gasteiger partial charge in [-0.3, -0.25) is 4.79 Å². The van der Waals surface area contributed by atoms with Gasteiger partial charge in [0.25, 0.3) is 0 Å². The molecule has 3 nitrogen and oxygen atoms in total. The van der Waals surface area contributed by atoms with Gasteiger partial charge in [0, 0.05) is 10.7 Å². The van der Waals surface area contributed by atoms with Crippen molar-refractivity contribution in [3.05, 3.63) is 58.6 Å². The largest absolute Gasteiger partial charge is 0.484 e. The molecule has 3 rings (SSSR count). The monoisotopic (exact) mass is 273 g/mol. The Balaban J connectivity index is 1.95. The van der Waals surface area contributed by atoms with Crippen LogP contribution in [0, 0.1) is 0 Å². The van der Waals surface area contributed by atoms with Gasteiger partial charge in [0.1, 0.15) is 11.9 Å². The highest BCUT2D eigenvalue weighted by Crippen LogP contribution is 2.35. The Kier molecular flexibility index (Phi) is 2.91. The Morgan fingerprint density at radius 3 is 2.63 bits per heavy atom. The van der Waals surface area contributed by atoms with Gasteiger partial charge in [0.2, 0.25) is 0 Å². The number of fused-ring (bicyclic) bond motifs is 1. The molecule has 0 amide bonds. The quantitative estimate of drug-likeness (QED) is 0.807. The Bertz CT molecular complexity index is 637. The average molecular weight is 274 g/mol. The van der Waals surface area contributed by atoms with Crippen molar-refractivity contribution in [3.8, 4) is 5.75 Å². The standard InChI is InChI=1S/C15H12ClNO2/c16-10-3-1-9(2-4-10)15-8-13(18)12-7-11(17)5-6-14(12)19-15/h1-7,15H,8,17H2. The number of nitrogen functional groups attached to an aromatic ring is 1. The normalized spacial score (nSPS) is 17.7. The van der Waals surface area contributed by atoms with E-state index in [2.05, 4.69) is 0 Å². The van der Waals surface area contributed by atoms with Crippen molar-refractivity contribution in [3.63, 3.8) is 0 Å². The SMILES string of the molecule is Nc1ccc2c(c1)C(=O)CC(c1ccc(Cl)cc1)O2. The lowest BCUT2D eigenvalue weighted by Gasteiger charge is -2.25. The number of nitrogens with two attached hydrogens (primary N) is 1. The molecule has 1 heterocycles. The predicted octanol–water partition coefficient (Wildman–Crippen LogP) is 3.63. The zero-order chi connectivity index (χ0) is 13.4. The summed E-state index contributed by atoms with van der Waals surface area (Å²) in [6.07, 6.45) is 0.0545. The maximum atomic E-state index is 12.1. The highest BCUT2D eigenvalue weighted by molar-refractivity contribution is 6.30. The number of ketones is 1. The van der Waals surface area contributed by atoms with Gasteiger partial charge >= 0.3 is 0 Å². The van der Waals surface area contributed by atoms with Gasteiger partial charge in [0.05, 0.1) is 12.0 Å². The average Bonchev–Trinajstić information content (AvgIpc) is 2.40. The molecule has 96 valence electrons. The first-order valence-electron chi connectivity index (χ1n) is 5.98. The number of carbonyl (C=O) groups is 1. The lowest BCUT2D eigenvalue weighted by atomic mass is 9.96. The summed E-state index contributed by atoms with van der Waals surface area (Å²) in [5.74, 6) is 0.638. The maximum absolute atomic E-state index is 12.1. The number of rotatable bonds is 1. The maximum Gasteiger partial charge on any atom is 0.170 e. The third-order valence-corrected chi connectivity index (χ3v) is 3.44. The van der Waals surface area contributed by atoms with Gasteiger partial charge in [-0.1, -0.05) is 23.7 Å². The second-order valence-corrected chi connectivity index (χ2v) is 4.98. The van der Waals surface area contributed by atoms with E-state index in [0.29, 0.717) is 28.4 Å². The second-order valence-electron chi connectivity index (χ2n) is 4.54. The summed E-state index contributed by atoms with van der Waals surface area (Å²) in [6, 6.07) is 12.5. The summed E-state index contributed by atoms with van der Waals surface area (Å²) >= 11 is 5.86. The van der Waals surface area contributed by atoms with Gasteiger partial charge in [-0.15, -0.1) is 0 Å². The molecule has 1 atom stereocenters. The van der Waals surface area contributed by atoms with Crippen LogP contribution in [0.4, 0.5) is 5.69 Å². The zero-order valence-corrected chi connectivity index (χ0v) is 10.9. The van der Waals surface area contributed by atoms with E-state index in [1.165, 1.54) is 0 Å². The summed E-state index contributed by atoms with van der Waals surface area (Å²) < 4.78 is 5.86. The molecule has 0 aromatic heterocycles. The molecule has 2 N–H and O–H groups in total. The fourth-order valence-electron chi connectivity index (χ4n) is 2.20. The number of anilines is 1. The summed E-state index contributed by atoms with van der Waals surface area (Å²) in [4.78, 5) is 12.1. The predicted molar refractivity (Wildman–Crippen MR) is 74.6 cm³/mol.